The SMILES string of the molecule is NC(=O)NC(=O)C[CH]CCc1ccccc1. The quantitative estimate of drug-likeness (QED) is 0.735. The fourth-order valence-corrected chi connectivity index (χ4v) is 1.34. The summed E-state index contributed by atoms with van der Waals surface area (Å²) in [5, 5.41) is 2.01. The topological polar surface area (TPSA) is 72.2 Å². The number of nitrogens with two attached hydrogens (primary N) is 1. The van der Waals surface area contributed by atoms with E-state index in [1.807, 2.05) is 42.1 Å². The number of imide groups is 1. The molecule has 1 radical (unpaired) electrons. The molecule has 0 heterocycles. The van der Waals surface area contributed by atoms with Crippen molar-refractivity contribution in [1.29, 1.82) is 0 Å². The van der Waals surface area contributed by atoms with Crippen LogP contribution in [0.3, 0.4) is 0 Å². The zero-order chi connectivity index (χ0) is 11.8. The summed E-state index contributed by atoms with van der Waals surface area (Å²) in [4.78, 5) is 21.4. The van der Waals surface area contributed by atoms with Gasteiger partial charge in [0.15, 0.2) is 0 Å². The van der Waals surface area contributed by atoms with Gasteiger partial charge >= 0.3 is 6.03 Å². The molecule has 85 valence electrons. The Labute approximate surface area is 94.8 Å². The number of carbonyl (C=O) groups is 2. The van der Waals surface area contributed by atoms with Crippen molar-refractivity contribution in [2.75, 3.05) is 0 Å². The van der Waals surface area contributed by atoms with E-state index in [1.54, 1.807) is 0 Å². The maximum absolute atomic E-state index is 11.0. The van der Waals surface area contributed by atoms with Crippen molar-refractivity contribution in [3.05, 3.63) is 42.3 Å². The average molecular weight is 219 g/mol. The van der Waals surface area contributed by atoms with Crippen molar-refractivity contribution in [1.82, 2.24) is 5.32 Å². The van der Waals surface area contributed by atoms with Gasteiger partial charge in [0.2, 0.25) is 5.91 Å². The minimum absolute atomic E-state index is 0.218. The first-order valence-corrected chi connectivity index (χ1v) is 5.13. The number of amides is 3. The predicted octanol–water partition coefficient (Wildman–Crippen LogP) is 1.41. The van der Waals surface area contributed by atoms with Crippen LogP contribution >= 0.6 is 0 Å². The van der Waals surface area contributed by atoms with E-state index in [9.17, 15) is 9.59 Å². The summed E-state index contributed by atoms with van der Waals surface area (Å²) < 4.78 is 0. The van der Waals surface area contributed by atoms with Gasteiger partial charge in [-0.25, -0.2) is 4.79 Å². The van der Waals surface area contributed by atoms with Crippen LogP contribution in [-0.4, -0.2) is 11.9 Å². The smallest absolute Gasteiger partial charge is 0.318 e. The van der Waals surface area contributed by atoms with E-state index in [0.29, 0.717) is 0 Å². The number of primary amides is 1. The average Bonchev–Trinajstić information content (AvgIpc) is 2.25. The number of hydrogen-bond acceptors (Lipinski definition) is 2. The third kappa shape index (κ3) is 5.14. The van der Waals surface area contributed by atoms with Gasteiger partial charge in [-0.15, -0.1) is 0 Å². The van der Waals surface area contributed by atoms with Crippen LogP contribution in [0, 0.1) is 6.42 Å². The zero-order valence-corrected chi connectivity index (χ0v) is 8.98. The number of rotatable bonds is 5. The van der Waals surface area contributed by atoms with Crippen LogP contribution in [-0.2, 0) is 11.2 Å². The summed E-state index contributed by atoms with van der Waals surface area (Å²) in [6.07, 6.45) is 3.75. The van der Waals surface area contributed by atoms with Crippen LogP contribution in [0.15, 0.2) is 30.3 Å². The molecule has 4 heteroatoms. The second-order valence-electron chi connectivity index (χ2n) is 3.43. The molecule has 0 saturated carbocycles. The Balaban J connectivity index is 2.13. The van der Waals surface area contributed by atoms with Gasteiger partial charge in [-0.2, -0.15) is 0 Å². The van der Waals surface area contributed by atoms with Crippen molar-refractivity contribution >= 4 is 11.9 Å². The number of carbonyl (C=O) groups excluding carboxylic acids is 2. The minimum atomic E-state index is -0.804. The number of hydrogen-bond donors (Lipinski definition) is 2. The maximum Gasteiger partial charge on any atom is 0.318 e. The van der Waals surface area contributed by atoms with Crippen LogP contribution < -0.4 is 11.1 Å². The molecule has 1 aromatic carbocycles. The van der Waals surface area contributed by atoms with Gasteiger partial charge in [-0.05, 0) is 24.8 Å². The van der Waals surface area contributed by atoms with E-state index in [2.05, 4.69) is 0 Å². The standard InChI is InChI=1S/C12H15N2O2/c13-12(16)14-11(15)9-5-4-8-10-6-2-1-3-7-10/h1-3,5-7H,4,8-9H2,(H3,13,14,15,16). The highest BCUT2D eigenvalue weighted by Crippen LogP contribution is 2.05. The van der Waals surface area contributed by atoms with Crippen LogP contribution in [0.2, 0.25) is 0 Å². The van der Waals surface area contributed by atoms with Gasteiger partial charge < -0.3 is 5.73 Å². The molecule has 0 aliphatic rings. The first kappa shape index (κ1) is 12.2. The van der Waals surface area contributed by atoms with E-state index in [4.69, 9.17) is 5.73 Å². The van der Waals surface area contributed by atoms with E-state index < -0.39 is 6.03 Å². The lowest BCUT2D eigenvalue weighted by Crippen LogP contribution is -2.34. The Kier molecular flexibility index (Phi) is 5.05. The number of nitrogens with one attached hydrogen (secondary N) is 1. The molecule has 0 spiro atoms. The minimum Gasteiger partial charge on any atom is -0.351 e. The molecular weight excluding hydrogens is 204 g/mol. The second kappa shape index (κ2) is 6.61. The van der Waals surface area contributed by atoms with E-state index in [0.717, 1.165) is 12.8 Å². The fraction of sp³-hybridized carbons (Fsp3) is 0.250. The first-order valence-electron chi connectivity index (χ1n) is 5.13. The van der Waals surface area contributed by atoms with E-state index in [1.165, 1.54) is 5.56 Å². The third-order valence-electron chi connectivity index (χ3n) is 2.07. The Hall–Kier alpha value is -1.84. The van der Waals surface area contributed by atoms with Crippen molar-refractivity contribution in [2.24, 2.45) is 5.73 Å². The highest BCUT2D eigenvalue weighted by molar-refractivity contribution is 5.93. The number of benzene rings is 1. The predicted molar refractivity (Wildman–Crippen MR) is 61.4 cm³/mol. The number of urea groups is 1. The van der Waals surface area contributed by atoms with Gasteiger partial charge in [0.1, 0.15) is 0 Å². The summed E-state index contributed by atoms with van der Waals surface area (Å²) in [6.45, 7) is 0. The van der Waals surface area contributed by atoms with Crippen LogP contribution in [0.1, 0.15) is 18.4 Å². The molecule has 0 saturated heterocycles. The highest BCUT2D eigenvalue weighted by Gasteiger charge is 2.03. The summed E-state index contributed by atoms with van der Waals surface area (Å²) in [5.74, 6) is -0.361. The summed E-state index contributed by atoms with van der Waals surface area (Å²) in [6, 6.07) is 9.20. The molecular formula is C12H15N2O2. The number of unbranched alkanes of at least 4 members (excludes halogenated alkanes) is 1. The molecule has 1 rings (SSSR count). The lowest BCUT2D eigenvalue weighted by Gasteiger charge is -2.01. The van der Waals surface area contributed by atoms with Crippen LogP contribution in [0.4, 0.5) is 4.79 Å². The normalized spacial score (nSPS) is 9.75. The monoisotopic (exact) mass is 219 g/mol. The Morgan fingerprint density at radius 1 is 1.25 bits per heavy atom. The van der Waals surface area contributed by atoms with Crippen molar-refractivity contribution in [3.8, 4) is 0 Å². The van der Waals surface area contributed by atoms with E-state index in [-0.39, 0.29) is 12.3 Å². The van der Waals surface area contributed by atoms with Gasteiger partial charge in [-0.1, -0.05) is 30.3 Å². The molecule has 0 atom stereocenters. The molecule has 0 aliphatic carbocycles. The molecule has 0 aromatic heterocycles. The summed E-state index contributed by atoms with van der Waals surface area (Å²) in [7, 11) is 0. The van der Waals surface area contributed by atoms with Crippen LogP contribution in [0.5, 0.6) is 0 Å². The Morgan fingerprint density at radius 2 is 1.94 bits per heavy atom. The number of aryl methyl sites for hydroxylation is 1. The highest BCUT2D eigenvalue weighted by atomic mass is 16.2. The fourth-order valence-electron chi connectivity index (χ4n) is 1.34. The Morgan fingerprint density at radius 3 is 2.56 bits per heavy atom. The molecule has 3 amide bonds. The van der Waals surface area contributed by atoms with Gasteiger partial charge in [0.05, 0.1) is 0 Å². The lowest BCUT2D eigenvalue weighted by atomic mass is 10.1. The molecule has 0 unspecified atom stereocenters. The van der Waals surface area contributed by atoms with Gasteiger partial charge in [0, 0.05) is 6.42 Å². The van der Waals surface area contributed by atoms with E-state index >= 15 is 0 Å². The molecule has 0 fully saturated rings. The van der Waals surface area contributed by atoms with Gasteiger partial charge in [-0.3, -0.25) is 10.1 Å². The third-order valence-corrected chi connectivity index (χ3v) is 2.07. The molecule has 4 nitrogen and oxygen atoms in total. The maximum atomic E-state index is 11.0. The largest absolute Gasteiger partial charge is 0.351 e. The van der Waals surface area contributed by atoms with Gasteiger partial charge in [0.25, 0.3) is 0 Å². The summed E-state index contributed by atoms with van der Waals surface area (Å²) in [5.41, 5.74) is 6.03. The molecule has 0 bridgehead atoms. The molecule has 1 aromatic rings. The zero-order valence-electron chi connectivity index (χ0n) is 8.98. The first-order chi connectivity index (χ1) is 7.68. The van der Waals surface area contributed by atoms with Crippen LogP contribution in [0.25, 0.3) is 0 Å². The second-order valence-corrected chi connectivity index (χ2v) is 3.43. The molecule has 0 aliphatic heterocycles. The van der Waals surface area contributed by atoms with Crippen molar-refractivity contribution in [2.45, 2.75) is 19.3 Å². The molecule has 16 heavy (non-hydrogen) atoms. The summed E-state index contributed by atoms with van der Waals surface area (Å²) >= 11 is 0. The van der Waals surface area contributed by atoms with Crippen molar-refractivity contribution < 1.29 is 9.59 Å². The Bertz CT molecular complexity index is 349. The van der Waals surface area contributed by atoms with Crippen molar-refractivity contribution in [3.63, 3.8) is 0 Å². The lowest BCUT2D eigenvalue weighted by molar-refractivity contribution is -0.119. The molecule has 3 N–H and O–H groups in total.